The number of nitrogens with zero attached hydrogens (tertiary/aromatic N) is 2. The number of hydrogen-bond acceptors (Lipinski definition) is 6. The fourth-order valence-corrected chi connectivity index (χ4v) is 7.55. The van der Waals surface area contributed by atoms with Gasteiger partial charge < -0.3 is 14.4 Å². The van der Waals surface area contributed by atoms with Crippen LogP contribution in [0.4, 0.5) is 9.59 Å². The van der Waals surface area contributed by atoms with E-state index in [-0.39, 0.29) is 5.96 Å². The normalized spacial score (nSPS) is 12.6. The topological polar surface area (TPSA) is 92.3 Å². The minimum Gasteiger partial charge on any atom is -0.444 e. The summed E-state index contributed by atoms with van der Waals surface area (Å²) < 4.78 is 10.8. The second-order valence-electron chi connectivity index (χ2n) is 19.4. The molecule has 348 valence electrons. The van der Waals surface area contributed by atoms with Crippen molar-refractivity contribution in [2.75, 3.05) is 20.1 Å². The summed E-state index contributed by atoms with van der Waals surface area (Å²) in [4.78, 5) is 32.2. The van der Waals surface area contributed by atoms with Gasteiger partial charge in [-0.15, -0.1) is 0 Å². The van der Waals surface area contributed by atoms with E-state index in [1.165, 1.54) is 205 Å². The summed E-state index contributed by atoms with van der Waals surface area (Å²) in [6.07, 6.45) is 46.6. The third-order valence-corrected chi connectivity index (χ3v) is 11.0. The molecule has 2 N–H and O–H groups in total. The molecule has 0 radical (unpaired) electrons. The molecule has 0 aromatic rings. The monoisotopic (exact) mass is 833 g/mol. The number of rotatable bonds is 37. The van der Waals surface area contributed by atoms with Gasteiger partial charge in [-0.05, 0) is 87.1 Å². The van der Waals surface area contributed by atoms with Crippen molar-refractivity contribution in [2.45, 2.75) is 278 Å². The van der Waals surface area contributed by atoms with Crippen LogP contribution in [0.2, 0.25) is 0 Å². The van der Waals surface area contributed by atoms with Gasteiger partial charge in [-0.25, -0.2) is 9.59 Å². The Bertz CT molecular complexity index is 1000. The van der Waals surface area contributed by atoms with Gasteiger partial charge in [-0.1, -0.05) is 193 Å². The molecular formula is C51H100N4O4. The Morgan fingerprint density at radius 1 is 0.508 bits per heavy atom. The first kappa shape index (κ1) is 56.9. The fraction of sp³-hybridized carbons (Fsp3) is 0.902. The number of carbonyl (C=O) groups is 2. The Kier molecular flexibility index (Phi) is 37.4. The van der Waals surface area contributed by atoms with Crippen molar-refractivity contribution in [2.24, 2.45) is 4.99 Å². The van der Waals surface area contributed by atoms with Crippen LogP contribution in [0.1, 0.15) is 261 Å². The first-order valence-corrected chi connectivity index (χ1v) is 25.2. The summed E-state index contributed by atoms with van der Waals surface area (Å²) in [6.45, 7) is 16.5. The van der Waals surface area contributed by atoms with Gasteiger partial charge in [0.05, 0.1) is 6.54 Å². The predicted molar refractivity (Wildman–Crippen MR) is 256 cm³/mol. The molecule has 0 aromatic heterocycles. The van der Waals surface area contributed by atoms with Crippen LogP contribution >= 0.6 is 0 Å². The summed E-state index contributed by atoms with van der Waals surface area (Å²) in [5.41, 5.74) is -1.35. The summed E-state index contributed by atoms with van der Waals surface area (Å²) in [6, 6.07) is 0.499. The highest BCUT2D eigenvalue weighted by Crippen LogP contribution is 2.20. The molecule has 0 saturated heterocycles. The van der Waals surface area contributed by atoms with Crippen LogP contribution in [0.15, 0.2) is 17.1 Å². The van der Waals surface area contributed by atoms with Crippen molar-refractivity contribution in [1.29, 1.82) is 0 Å². The molecule has 0 saturated carbocycles. The molecule has 0 rings (SSSR count). The number of ether oxygens (including phenoxy) is 2. The molecule has 0 aliphatic carbocycles. The molecule has 8 heteroatoms. The average molecular weight is 833 g/mol. The first-order chi connectivity index (χ1) is 28.3. The van der Waals surface area contributed by atoms with Gasteiger partial charge in [0.1, 0.15) is 11.2 Å². The number of guanidine groups is 1. The molecule has 0 fully saturated rings. The number of allylic oxidation sites excluding steroid dienone is 2. The van der Waals surface area contributed by atoms with Crippen LogP contribution < -0.4 is 10.6 Å². The smallest absolute Gasteiger partial charge is 0.414 e. The number of alkyl carbamates (subject to hydrolysis) is 2. The second kappa shape index (κ2) is 38.8. The number of aliphatic imine (C=N–C) groups is 1. The van der Waals surface area contributed by atoms with Gasteiger partial charge >= 0.3 is 12.2 Å². The second-order valence-corrected chi connectivity index (χ2v) is 19.4. The quantitative estimate of drug-likeness (QED) is 0.0281. The van der Waals surface area contributed by atoms with E-state index in [0.29, 0.717) is 12.6 Å². The molecule has 2 amide bonds. The molecule has 0 aliphatic rings. The number of carbonyl (C=O) groups excluding carboxylic acids is 2. The molecule has 0 aromatic carbocycles. The summed E-state index contributed by atoms with van der Waals surface area (Å²) >= 11 is 0. The van der Waals surface area contributed by atoms with E-state index < -0.39 is 23.4 Å². The van der Waals surface area contributed by atoms with Crippen molar-refractivity contribution in [3.8, 4) is 0 Å². The van der Waals surface area contributed by atoms with E-state index in [1.54, 1.807) is 41.5 Å². The average Bonchev–Trinajstić information content (AvgIpc) is 3.15. The Hall–Kier alpha value is -2.09. The van der Waals surface area contributed by atoms with Crippen molar-refractivity contribution in [3.63, 3.8) is 0 Å². The largest absolute Gasteiger partial charge is 0.444 e. The van der Waals surface area contributed by atoms with Crippen molar-refractivity contribution >= 4 is 18.1 Å². The van der Waals surface area contributed by atoms with Crippen LogP contribution in [-0.2, 0) is 9.47 Å². The fourth-order valence-electron chi connectivity index (χ4n) is 7.55. The zero-order chi connectivity index (χ0) is 43.9. The van der Waals surface area contributed by atoms with Crippen molar-refractivity contribution in [3.05, 3.63) is 12.2 Å². The molecule has 0 spiro atoms. The molecule has 0 bridgehead atoms. The molecule has 8 nitrogen and oxygen atoms in total. The highest BCUT2D eigenvalue weighted by atomic mass is 16.6. The van der Waals surface area contributed by atoms with Gasteiger partial charge in [0, 0.05) is 12.6 Å². The van der Waals surface area contributed by atoms with E-state index >= 15 is 0 Å². The maximum Gasteiger partial charge on any atom is 0.414 e. The number of amides is 2. The van der Waals surface area contributed by atoms with Crippen LogP contribution in [0.25, 0.3) is 0 Å². The zero-order valence-corrected chi connectivity index (χ0v) is 40.8. The standard InChI is InChI=1S/C51H100N4O4/c1-10-12-14-16-18-20-22-24-26-28-30-32-34-36-38-40-42-46(43-41-39-37-35-33-31-29-27-25-23-21-19-17-15-13-11-2)55(9)45-44-52-47(53-48(56)58-50(3,4)5)54-49(57)59-51(6,7)8/h18,20,46H,10-17,19,21-45H2,1-9H3,(H2,52,53,54,56,57). The Labute approximate surface area is 367 Å². The number of unbranched alkanes of at least 4 members (excludes halogenated alkanes) is 27. The van der Waals surface area contributed by atoms with Crippen molar-refractivity contribution in [1.82, 2.24) is 15.5 Å². The third-order valence-electron chi connectivity index (χ3n) is 11.0. The third kappa shape index (κ3) is 42.4. The minimum absolute atomic E-state index is 0.0471. The Balaban J connectivity index is 4.83. The lowest BCUT2D eigenvalue weighted by Gasteiger charge is -2.28. The number of likely N-dealkylation sites (N-methyl/N-ethyl adjacent to an activating group) is 1. The Morgan fingerprint density at radius 2 is 0.814 bits per heavy atom. The minimum atomic E-state index is -0.675. The van der Waals surface area contributed by atoms with Gasteiger partial charge in [-0.3, -0.25) is 15.6 Å². The van der Waals surface area contributed by atoms with E-state index in [4.69, 9.17) is 9.47 Å². The van der Waals surface area contributed by atoms with E-state index in [2.05, 4.69) is 53.6 Å². The lowest BCUT2D eigenvalue weighted by atomic mass is 9.98. The van der Waals surface area contributed by atoms with E-state index in [0.717, 1.165) is 6.54 Å². The van der Waals surface area contributed by atoms with Crippen LogP contribution in [0, 0.1) is 0 Å². The first-order valence-electron chi connectivity index (χ1n) is 25.2. The molecule has 1 unspecified atom stereocenters. The molecule has 1 atom stereocenters. The van der Waals surface area contributed by atoms with Crippen LogP contribution in [0.5, 0.6) is 0 Å². The van der Waals surface area contributed by atoms with Crippen LogP contribution in [0.3, 0.4) is 0 Å². The van der Waals surface area contributed by atoms with Gasteiger partial charge in [0.25, 0.3) is 0 Å². The highest BCUT2D eigenvalue weighted by molar-refractivity contribution is 6.01. The lowest BCUT2D eigenvalue weighted by Crippen LogP contribution is -2.47. The molecule has 0 heterocycles. The maximum atomic E-state index is 12.6. The van der Waals surface area contributed by atoms with Crippen LogP contribution in [-0.4, -0.2) is 60.4 Å². The number of nitrogens with one attached hydrogen (secondary N) is 2. The lowest BCUT2D eigenvalue weighted by molar-refractivity contribution is 0.0545. The highest BCUT2D eigenvalue weighted by Gasteiger charge is 2.21. The summed E-state index contributed by atoms with van der Waals surface area (Å²) in [5.74, 6) is 0.0471. The summed E-state index contributed by atoms with van der Waals surface area (Å²) in [7, 11) is 2.21. The maximum absolute atomic E-state index is 12.6. The number of hydrogen-bond donors (Lipinski definition) is 2. The van der Waals surface area contributed by atoms with Crippen molar-refractivity contribution < 1.29 is 19.1 Å². The zero-order valence-electron chi connectivity index (χ0n) is 40.8. The predicted octanol–water partition coefficient (Wildman–Crippen LogP) is 15.8. The molecular weight excluding hydrogens is 733 g/mol. The molecule has 59 heavy (non-hydrogen) atoms. The van der Waals surface area contributed by atoms with Gasteiger partial charge in [0.2, 0.25) is 5.96 Å². The summed E-state index contributed by atoms with van der Waals surface area (Å²) in [5, 5.41) is 5.24. The molecule has 0 aliphatic heterocycles. The van der Waals surface area contributed by atoms with E-state index in [9.17, 15) is 9.59 Å². The Morgan fingerprint density at radius 3 is 1.17 bits per heavy atom. The van der Waals surface area contributed by atoms with E-state index in [1.807, 2.05) is 0 Å². The van der Waals surface area contributed by atoms with Gasteiger partial charge in [-0.2, -0.15) is 0 Å². The SMILES string of the molecule is CCCCCC=CCCCCCCCCCCCC(CCCCCCCCCCCCCCCCCC)N(C)CCN=C(NC(=O)OC(C)(C)C)NC(=O)OC(C)(C)C. The van der Waals surface area contributed by atoms with Gasteiger partial charge in [0.15, 0.2) is 0 Å².